The smallest absolute Gasteiger partial charge is 0.205 e. The van der Waals surface area contributed by atoms with E-state index < -0.39 is 29.0 Å². The summed E-state index contributed by atoms with van der Waals surface area (Å²) in [5, 5.41) is 40.0. The molecule has 1 saturated heterocycles. The van der Waals surface area contributed by atoms with Crippen LogP contribution in [0.2, 0.25) is 0 Å². The van der Waals surface area contributed by atoms with Crippen LogP contribution < -0.4 is 0 Å². The Kier molecular flexibility index (Phi) is 3.59. The van der Waals surface area contributed by atoms with Gasteiger partial charge in [0.1, 0.15) is 6.10 Å². The number of ether oxygens (including phenoxy) is 1. The van der Waals surface area contributed by atoms with Gasteiger partial charge in [-0.25, -0.2) is 0 Å². The third-order valence-corrected chi connectivity index (χ3v) is 6.15. The van der Waals surface area contributed by atoms with Gasteiger partial charge in [-0.15, -0.1) is 0 Å². The molecule has 3 atom stereocenters. The summed E-state index contributed by atoms with van der Waals surface area (Å²) < 4.78 is 6.29. The van der Waals surface area contributed by atoms with E-state index in [0.717, 1.165) is 42.4 Å². The number of hydrogen-bond acceptors (Lipinski definition) is 5. The first-order chi connectivity index (χ1) is 12.7. The van der Waals surface area contributed by atoms with Gasteiger partial charge in [-0.3, -0.25) is 0 Å². The van der Waals surface area contributed by atoms with Crippen LogP contribution in [0.3, 0.4) is 0 Å². The van der Waals surface area contributed by atoms with Crippen LogP contribution in [-0.4, -0.2) is 6.10 Å². The van der Waals surface area contributed by atoms with E-state index in [1.54, 1.807) is 0 Å². The molecule has 0 unspecified atom stereocenters. The minimum absolute atomic E-state index is 0.493. The highest BCUT2D eigenvalue weighted by atomic mass is 16.5. The Morgan fingerprint density at radius 1 is 0.808 bits per heavy atom. The molecule has 1 aromatic carbocycles. The minimum atomic E-state index is -1.80. The van der Waals surface area contributed by atoms with Crippen molar-refractivity contribution in [3.63, 3.8) is 0 Å². The van der Waals surface area contributed by atoms with E-state index in [9.17, 15) is 21.0 Å². The van der Waals surface area contributed by atoms with Gasteiger partial charge in [0.25, 0.3) is 0 Å². The van der Waals surface area contributed by atoms with Crippen LogP contribution in [0.1, 0.15) is 37.4 Å². The van der Waals surface area contributed by atoms with Gasteiger partial charge >= 0.3 is 0 Å². The summed E-state index contributed by atoms with van der Waals surface area (Å²) >= 11 is 0. The van der Waals surface area contributed by atoms with Crippen molar-refractivity contribution in [2.24, 2.45) is 16.7 Å². The third kappa shape index (κ3) is 1.74. The third-order valence-electron chi connectivity index (χ3n) is 6.15. The molecular weight excluding hydrogens is 324 g/mol. The molecule has 5 heteroatoms. The first-order valence-electron chi connectivity index (χ1n) is 8.76. The molecule has 0 saturated carbocycles. The standard InChI is InChI=1S/C21H16N4O/c22-10-20(11-23)17-15-8-4-5-9-16(15)19(21(20,12-24)13-25)26-18(17)14-6-2-1-3-7-14/h1-3,6-7,17-19H,4-5,8-9H2/t17-,18-,19-/m1/s1. The first kappa shape index (κ1) is 16.4. The Hall–Kier alpha value is -3.12. The molecule has 2 heterocycles. The van der Waals surface area contributed by atoms with Crippen molar-refractivity contribution in [2.75, 3.05) is 0 Å². The average molecular weight is 340 g/mol. The quantitative estimate of drug-likeness (QED) is 0.725. The average Bonchev–Trinajstić information content (AvgIpc) is 2.73. The zero-order valence-corrected chi connectivity index (χ0v) is 14.1. The molecule has 2 aliphatic heterocycles. The highest BCUT2D eigenvalue weighted by molar-refractivity contribution is 5.52. The normalized spacial score (nSPS) is 30.2. The number of fused-ring (bicyclic) bond motifs is 2. The molecule has 5 nitrogen and oxygen atoms in total. The van der Waals surface area contributed by atoms with Crippen molar-refractivity contribution >= 4 is 0 Å². The van der Waals surface area contributed by atoms with Gasteiger partial charge in [0, 0.05) is 5.92 Å². The predicted molar refractivity (Wildman–Crippen MR) is 90.4 cm³/mol. The van der Waals surface area contributed by atoms with Gasteiger partial charge in [0.05, 0.1) is 30.4 Å². The molecule has 4 aliphatic rings. The van der Waals surface area contributed by atoms with Crippen molar-refractivity contribution in [1.29, 1.82) is 21.0 Å². The van der Waals surface area contributed by atoms with Crippen molar-refractivity contribution in [3.05, 3.63) is 47.0 Å². The Labute approximate surface area is 152 Å². The Balaban J connectivity index is 2.02. The van der Waals surface area contributed by atoms with Crippen LogP contribution >= 0.6 is 0 Å². The number of rotatable bonds is 1. The fourth-order valence-electron chi connectivity index (χ4n) is 4.97. The fraction of sp³-hybridized carbons (Fsp3) is 0.429. The minimum Gasteiger partial charge on any atom is -0.362 e. The maximum Gasteiger partial charge on any atom is 0.205 e. The molecule has 5 rings (SSSR count). The summed E-state index contributed by atoms with van der Waals surface area (Å²) in [6.07, 6.45) is 2.19. The summed E-state index contributed by atoms with van der Waals surface area (Å²) in [4.78, 5) is 0. The zero-order chi connectivity index (χ0) is 18.4. The number of nitrogens with zero attached hydrogens (tertiary/aromatic N) is 4. The summed E-state index contributed by atoms with van der Waals surface area (Å²) in [5.74, 6) is -0.598. The van der Waals surface area contributed by atoms with Crippen LogP contribution in [0.4, 0.5) is 0 Å². The molecular formula is C21H16N4O. The molecule has 0 radical (unpaired) electrons. The molecule has 0 N–H and O–H groups in total. The molecule has 0 aromatic heterocycles. The highest BCUT2D eigenvalue weighted by Crippen LogP contribution is 2.66. The number of hydrogen-bond donors (Lipinski definition) is 0. The number of benzene rings is 1. The van der Waals surface area contributed by atoms with E-state index in [0.29, 0.717) is 0 Å². The van der Waals surface area contributed by atoms with Crippen LogP contribution in [0.15, 0.2) is 41.5 Å². The molecule has 0 amide bonds. The molecule has 1 aromatic rings. The van der Waals surface area contributed by atoms with Gasteiger partial charge in [-0.1, -0.05) is 35.9 Å². The maximum absolute atomic E-state index is 10.1. The molecule has 2 aliphatic carbocycles. The molecule has 126 valence electrons. The summed E-state index contributed by atoms with van der Waals surface area (Å²) in [5.41, 5.74) is -0.638. The van der Waals surface area contributed by atoms with Gasteiger partial charge in [-0.05, 0) is 36.8 Å². The van der Waals surface area contributed by atoms with Crippen LogP contribution in [0, 0.1) is 62.1 Å². The first-order valence-corrected chi connectivity index (χ1v) is 8.76. The van der Waals surface area contributed by atoms with Crippen molar-refractivity contribution in [1.82, 2.24) is 0 Å². The molecule has 0 spiro atoms. The van der Waals surface area contributed by atoms with Gasteiger partial charge < -0.3 is 4.74 Å². The largest absolute Gasteiger partial charge is 0.362 e. The van der Waals surface area contributed by atoms with Crippen molar-refractivity contribution in [3.8, 4) is 24.3 Å². The zero-order valence-electron chi connectivity index (χ0n) is 14.1. The second kappa shape index (κ2) is 5.71. The number of nitriles is 4. The summed E-state index contributed by atoms with van der Waals surface area (Å²) in [7, 11) is 0. The lowest BCUT2D eigenvalue weighted by Crippen LogP contribution is -2.63. The lowest BCUT2D eigenvalue weighted by Gasteiger charge is -2.57. The fourth-order valence-corrected chi connectivity index (χ4v) is 4.97. The molecule has 26 heavy (non-hydrogen) atoms. The van der Waals surface area contributed by atoms with Gasteiger partial charge in [0.2, 0.25) is 5.41 Å². The summed E-state index contributed by atoms with van der Waals surface area (Å²) in [6.45, 7) is 0. The Morgan fingerprint density at radius 3 is 1.96 bits per heavy atom. The van der Waals surface area contributed by atoms with Crippen molar-refractivity contribution in [2.45, 2.75) is 37.9 Å². The Morgan fingerprint density at radius 2 is 1.38 bits per heavy atom. The second-order valence-electron chi connectivity index (χ2n) is 7.15. The van der Waals surface area contributed by atoms with E-state index in [2.05, 4.69) is 12.1 Å². The summed E-state index contributed by atoms with van der Waals surface area (Å²) in [6, 6.07) is 17.8. The van der Waals surface area contributed by atoms with Crippen LogP contribution in [0.25, 0.3) is 0 Å². The van der Waals surface area contributed by atoms with E-state index in [-0.39, 0.29) is 0 Å². The maximum atomic E-state index is 10.1. The van der Waals surface area contributed by atoms with Gasteiger partial charge in [-0.2, -0.15) is 21.0 Å². The van der Waals surface area contributed by atoms with E-state index >= 15 is 0 Å². The second-order valence-corrected chi connectivity index (χ2v) is 7.15. The molecule has 2 bridgehead atoms. The topological polar surface area (TPSA) is 104 Å². The lowest BCUT2D eigenvalue weighted by atomic mass is 9.46. The van der Waals surface area contributed by atoms with Crippen LogP contribution in [0.5, 0.6) is 0 Å². The molecule has 1 fully saturated rings. The van der Waals surface area contributed by atoms with Crippen LogP contribution in [-0.2, 0) is 4.74 Å². The Bertz CT molecular complexity index is 923. The predicted octanol–water partition coefficient (Wildman–Crippen LogP) is 3.69. The van der Waals surface area contributed by atoms with E-state index in [4.69, 9.17) is 4.74 Å². The van der Waals surface area contributed by atoms with Gasteiger partial charge in [0.15, 0.2) is 5.41 Å². The highest BCUT2D eigenvalue weighted by Gasteiger charge is 2.73. The van der Waals surface area contributed by atoms with Crippen molar-refractivity contribution < 1.29 is 4.74 Å². The lowest BCUT2D eigenvalue weighted by molar-refractivity contribution is -0.159. The SMILES string of the molecule is N#CC1(C#N)[C@@H]2O[C@H](c3ccccc3)[C@@H](C3=C2CCCC3)C1(C#N)C#N. The van der Waals surface area contributed by atoms with E-state index in [1.807, 2.05) is 42.5 Å². The van der Waals surface area contributed by atoms with E-state index in [1.165, 1.54) is 0 Å². The monoisotopic (exact) mass is 340 g/mol.